The van der Waals surface area contributed by atoms with Gasteiger partial charge in [-0.3, -0.25) is 4.79 Å². The standard InChI is InChI=1S/C22H21F3N4O/c1-29(2)18-9-4-8-17(13-18)27-20-11-5-10-19(28-20)21(30)26-14-15-6-3-7-16(12-15)22(23,24)25/h3-13H,14H2,1-2H3,(H,26,30)(H,27,28). The first-order chi connectivity index (χ1) is 14.2. The molecule has 0 bridgehead atoms. The van der Waals surface area contributed by atoms with E-state index in [1.165, 1.54) is 12.1 Å². The normalized spacial score (nSPS) is 11.1. The number of anilines is 3. The Hall–Kier alpha value is -3.55. The third-order valence-corrected chi connectivity index (χ3v) is 4.32. The Kier molecular flexibility index (Phi) is 6.25. The second kappa shape index (κ2) is 8.86. The van der Waals surface area contributed by atoms with E-state index in [1.807, 2.05) is 43.3 Å². The van der Waals surface area contributed by atoms with Crippen LogP contribution >= 0.6 is 0 Å². The summed E-state index contributed by atoms with van der Waals surface area (Å²) < 4.78 is 38.5. The van der Waals surface area contributed by atoms with Gasteiger partial charge in [-0.25, -0.2) is 4.98 Å². The van der Waals surface area contributed by atoms with E-state index in [1.54, 1.807) is 18.2 Å². The first-order valence-electron chi connectivity index (χ1n) is 9.18. The minimum Gasteiger partial charge on any atom is -0.378 e. The zero-order chi connectivity index (χ0) is 21.7. The number of rotatable bonds is 6. The van der Waals surface area contributed by atoms with Crippen LogP contribution in [0.3, 0.4) is 0 Å². The van der Waals surface area contributed by atoms with E-state index >= 15 is 0 Å². The van der Waals surface area contributed by atoms with Gasteiger partial charge in [-0.05, 0) is 48.0 Å². The average Bonchev–Trinajstić information content (AvgIpc) is 2.72. The molecule has 0 unspecified atom stereocenters. The average molecular weight is 414 g/mol. The first-order valence-corrected chi connectivity index (χ1v) is 9.18. The highest BCUT2D eigenvalue weighted by Gasteiger charge is 2.30. The summed E-state index contributed by atoms with van der Waals surface area (Å²) in [5.74, 6) is 0.00993. The molecule has 0 aliphatic rings. The monoisotopic (exact) mass is 414 g/mol. The number of nitrogens with zero attached hydrogens (tertiary/aromatic N) is 2. The van der Waals surface area contributed by atoms with Crippen LogP contribution in [0.2, 0.25) is 0 Å². The number of hydrogen-bond acceptors (Lipinski definition) is 4. The summed E-state index contributed by atoms with van der Waals surface area (Å²) in [5, 5.41) is 5.76. The van der Waals surface area contributed by atoms with Crippen LogP contribution in [0.1, 0.15) is 21.6 Å². The number of carbonyl (C=O) groups excluding carboxylic acids is 1. The lowest BCUT2D eigenvalue weighted by molar-refractivity contribution is -0.137. The van der Waals surface area contributed by atoms with Gasteiger partial charge in [0.25, 0.3) is 5.91 Å². The number of amides is 1. The second-order valence-corrected chi connectivity index (χ2v) is 6.86. The molecule has 0 saturated heterocycles. The van der Waals surface area contributed by atoms with Gasteiger partial charge in [0.15, 0.2) is 0 Å². The number of carbonyl (C=O) groups is 1. The molecule has 0 aliphatic carbocycles. The number of nitrogens with one attached hydrogen (secondary N) is 2. The molecule has 5 nitrogen and oxygen atoms in total. The first kappa shape index (κ1) is 21.2. The highest BCUT2D eigenvalue weighted by Crippen LogP contribution is 2.29. The van der Waals surface area contributed by atoms with Crippen LogP contribution in [0.15, 0.2) is 66.7 Å². The summed E-state index contributed by atoms with van der Waals surface area (Å²) in [7, 11) is 3.87. The van der Waals surface area contributed by atoms with E-state index < -0.39 is 17.6 Å². The molecule has 0 fully saturated rings. The number of benzene rings is 2. The van der Waals surface area contributed by atoms with Gasteiger partial charge in [-0.1, -0.05) is 24.3 Å². The Morgan fingerprint density at radius 1 is 1.00 bits per heavy atom. The summed E-state index contributed by atoms with van der Waals surface area (Å²) in [4.78, 5) is 18.7. The van der Waals surface area contributed by atoms with E-state index in [2.05, 4.69) is 15.6 Å². The number of alkyl halides is 3. The Labute approximate surface area is 172 Å². The van der Waals surface area contributed by atoms with Crippen molar-refractivity contribution in [2.75, 3.05) is 24.3 Å². The molecule has 0 radical (unpaired) electrons. The van der Waals surface area contributed by atoms with Gasteiger partial charge >= 0.3 is 6.18 Å². The maximum Gasteiger partial charge on any atom is 0.416 e. The lowest BCUT2D eigenvalue weighted by Gasteiger charge is -2.14. The van der Waals surface area contributed by atoms with Crippen LogP contribution in [0.25, 0.3) is 0 Å². The van der Waals surface area contributed by atoms with Gasteiger partial charge in [0.1, 0.15) is 11.5 Å². The third-order valence-electron chi connectivity index (χ3n) is 4.32. The summed E-state index contributed by atoms with van der Waals surface area (Å²) in [6.07, 6.45) is -4.43. The smallest absolute Gasteiger partial charge is 0.378 e. The molecule has 0 atom stereocenters. The molecule has 2 aromatic carbocycles. The molecular formula is C22H21F3N4O. The number of halogens is 3. The number of hydrogen-bond donors (Lipinski definition) is 2. The molecule has 0 aliphatic heterocycles. The van der Waals surface area contributed by atoms with E-state index in [-0.39, 0.29) is 12.2 Å². The second-order valence-electron chi connectivity index (χ2n) is 6.86. The van der Waals surface area contributed by atoms with Crippen LogP contribution < -0.4 is 15.5 Å². The zero-order valence-corrected chi connectivity index (χ0v) is 16.5. The molecule has 3 aromatic rings. The molecule has 1 amide bonds. The fraction of sp³-hybridized carbons (Fsp3) is 0.182. The summed E-state index contributed by atoms with van der Waals surface area (Å²) in [6, 6.07) is 17.5. The predicted molar refractivity (Wildman–Crippen MR) is 111 cm³/mol. The summed E-state index contributed by atoms with van der Waals surface area (Å²) in [6.45, 7) is -0.0348. The largest absolute Gasteiger partial charge is 0.416 e. The van der Waals surface area contributed by atoms with Gasteiger partial charge in [0.2, 0.25) is 0 Å². The Morgan fingerprint density at radius 3 is 2.47 bits per heavy atom. The van der Waals surface area contributed by atoms with Crippen molar-refractivity contribution in [2.24, 2.45) is 0 Å². The molecular weight excluding hydrogens is 393 g/mol. The molecule has 0 saturated carbocycles. The maximum atomic E-state index is 12.8. The van der Waals surface area contributed by atoms with Crippen molar-refractivity contribution < 1.29 is 18.0 Å². The molecule has 1 aromatic heterocycles. The fourth-order valence-corrected chi connectivity index (χ4v) is 2.77. The van der Waals surface area contributed by atoms with Crippen LogP contribution in [0.5, 0.6) is 0 Å². The third kappa shape index (κ3) is 5.50. The molecule has 30 heavy (non-hydrogen) atoms. The summed E-state index contributed by atoms with van der Waals surface area (Å²) in [5.41, 5.74) is 1.59. The number of aromatic nitrogens is 1. The Bertz CT molecular complexity index is 1030. The van der Waals surface area contributed by atoms with Crippen molar-refractivity contribution in [3.8, 4) is 0 Å². The van der Waals surface area contributed by atoms with E-state index in [0.29, 0.717) is 11.4 Å². The van der Waals surface area contributed by atoms with Crippen LogP contribution in [-0.4, -0.2) is 25.0 Å². The van der Waals surface area contributed by atoms with Crippen LogP contribution in [0.4, 0.5) is 30.4 Å². The highest BCUT2D eigenvalue weighted by molar-refractivity contribution is 5.92. The van der Waals surface area contributed by atoms with E-state index in [4.69, 9.17) is 0 Å². The topological polar surface area (TPSA) is 57.3 Å². The van der Waals surface area contributed by atoms with Gasteiger partial charge in [-0.15, -0.1) is 0 Å². The van der Waals surface area contributed by atoms with Crippen molar-refractivity contribution in [1.29, 1.82) is 0 Å². The van der Waals surface area contributed by atoms with Crippen molar-refractivity contribution in [3.63, 3.8) is 0 Å². The van der Waals surface area contributed by atoms with Gasteiger partial charge in [0, 0.05) is 32.0 Å². The molecule has 2 N–H and O–H groups in total. The molecule has 0 spiro atoms. The lowest BCUT2D eigenvalue weighted by Crippen LogP contribution is -2.24. The van der Waals surface area contributed by atoms with E-state index in [9.17, 15) is 18.0 Å². The van der Waals surface area contributed by atoms with Crippen molar-refractivity contribution in [1.82, 2.24) is 10.3 Å². The predicted octanol–water partition coefficient (Wildman–Crippen LogP) is 4.84. The molecule has 3 rings (SSSR count). The number of pyridine rings is 1. The molecule has 156 valence electrons. The van der Waals surface area contributed by atoms with Crippen molar-refractivity contribution in [3.05, 3.63) is 83.6 Å². The van der Waals surface area contributed by atoms with Crippen LogP contribution in [-0.2, 0) is 12.7 Å². The fourth-order valence-electron chi connectivity index (χ4n) is 2.77. The van der Waals surface area contributed by atoms with Gasteiger partial charge in [-0.2, -0.15) is 13.2 Å². The quantitative estimate of drug-likeness (QED) is 0.606. The Balaban J connectivity index is 1.67. The molecule has 1 heterocycles. The summed E-state index contributed by atoms with van der Waals surface area (Å²) >= 11 is 0. The van der Waals surface area contributed by atoms with Crippen molar-refractivity contribution >= 4 is 23.1 Å². The SMILES string of the molecule is CN(C)c1cccc(Nc2cccc(C(=O)NCc3cccc(C(F)(F)F)c3)n2)c1. The minimum atomic E-state index is -4.43. The van der Waals surface area contributed by atoms with E-state index in [0.717, 1.165) is 23.5 Å². The minimum absolute atomic E-state index is 0.0348. The van der Waals surface area contributed by atoms with Crippen molar-refractivity contribution in [2.45, 2.75) is 12.7 Å². The van der Waals surface area contributed by atoms with Gasteiger partial charge < -0.3 is 15.5 Å². The zero-order valence-electron chi connectivity index (χ0n) is 16.5. The molecule has 8 heteroatoms. The highest BCUT2D eigenvalue weighted by atomic mass is 19.4. The Morgan fingerprint density at radius 2 is 1.73 bits per heavy atom. The lowest BCUT2D eigenvalue weighted by atomic mass is 10.1. The van der Waals surface area contributed by atoms with Crippen LogP contribution in [0, 0.1) is 0 Å². The van der Waals surface area contributed by atoms with Gasteiger partial charge in [0.05, 0.1) is 5.56 Å². The maximum absolute atomic E-state index is 12.8.